The Morgan fingerprint density at radius 1 is 1.05 bits per heavy atom. The molecule has 3 amide bonds. The second-order valence-electron chi connectivity index (χ2n) is 10.5. The predicted molar refractivity (Wildman–Crippen MR) is 140 cm³/mol. The summed E-state index contributed by atoms with van der Waals surface area (Å²) >= 11 is 6.57. The van der Waals surface area contributed by atoms with Crippen LogP contribution in [-0.2, 0) is 19.1 Å². The maximum Gasteiger partial charge on any atom is 0.253 e. The van der Waals surface area contributed by atoms with E-state index in [1.807, 2.05) is 57.2 Å². The molecule has 9 heteroatoms. The summed E-state index contributed by atoms with van der Waals surface area (Å²) in [5, 5.41) is 10.0. The van der Waals surface area contributed by atoms with Gasteiger partial charge in [0.15, 0.2) is 0 Å². The number of aliphatic hydroxyl groups is 1. The van der Waals surface area contributed by atoms with Crippen molar-refractivity contribution in [1.82, 2.24) is 9.80 Å². The van der Waals surface area contributed by atoms with Gasteiger partial charge in [0, 0.05) is 32.8 Å². The number of aliphatic hydroxyl groups excluding tert-OH is 1. The standard InChI is InChI=1S/C28H34ClN3O5/c1-4-13-30-14-6-11-27(3)20(24(30)34)21-25(35)32(16-8-17-33)23-26(36)31(15-7-12-28(21,23)37-27)22-18(2)9-5-10-19(22)29/h5-7,9-12,20-21,23,33H,4,8,13-17H2,1-3H3/t20-,21+,23?,27+,28+/m1/s1. The number of ether oxygens (including phenoxy) is 1. The summed E-state index contributed by atoms with van der Waals surface area (Å²) in [6.45, 7) is 7.10. The van der Waals surface area contributed by atoms with Crippen molar-refractivity contribution in [3.63, 3.8) is 0 Å². The number of carbonyl (C=O) groups is 3. The highest BCUT2D eigenvalue weighted by Crippen LogP contribution is 2.57. The van der Waals surface area contributed by atoms with Crippen molar-refractivity contribution in [3.8, 4) is 0 Å². The number of carbonyl (C=O) groups excluding carboxylic acids is 3. The fourth-order valence-corrected chi connectivity index (χ4v) is 7.01. The van der Waals surface area contributed by atoms with Crippen LogP contribution in [0.1, 0.15) is 32.3 Å². The first-order valence-corrected chi connectivity index (χ1v) is 13.4. The molecule has 0 saturated carbocycles. The van der Waals surface area contributed by atoms with Gasteiger partial charge in [-0.05, 0) is 38.3 Å². The van der Waals surface area contributed by atoms with Crippen molar-refractivity contribution in [2.45, 2.75) is 50.9 Å². The fraction of sp³-hybridized carbons (Fsp3) is 0.536. The highest BCUT2D eigenvalue weighted by atomic mass is 35.5. The Hall–Kier alpha value is -2.68. The van der Waals surface area contributed by atoms with Crippen LogP contribution in [0.25, 0.3) is 0 Å². The zero-order chi connectivity index (χ0) is 26.5. The molecule has 1 aromatic carbocycles. The molecule has 0 radical (unpaired) electrons. The first-order chi connectivity index (χ1) is 17.7. The van der Waals surface area contributed by atoms with E-state index in [1.54, 1.807) is 15.9 Å². The van der Waals surface area contributed by atoms with E-state index in [0.29, 0.717) is 30.2 Å². The van der Waals surface area contributed by atoms with Gasteiger partial charge in [-0.25, -0.2) is 0 Å². The first kappa shape index (κ1) is 25.9. The third kappa shape index (κ3) is 3.83. The van der Waals surface area contributed by atoms with E-state index in [9.17, 15) is 19.5 Å². The highest BCUT2D eigenvalue weighted by molar-refractivity contribution is 6.34. The molecule has 1 aromatic rings. The van der Waals surface area contributed by atoms with Crippen molar-refractivity contribution < 1.29 is 24.2 Å². The molecule has 0 bridgehead atoms. The van der Waals surface area contributed by atoms with E-state index in [4.69, 9.17) is 16.3 Å². The average Bonchev–Trinajstić information content (AvgIpc) is 3.12. The maximum absolute atomic E-state index is 14.4. The van der Waals surface area contributed by atoms with E-state index in [1.165, 1.54) is 4.90 Å². The van der Waals surface area contributed by atoms with Crippen LogP contribution in [-0.4, -0.2) is 82.7 Å². The highest BCUT2D eigenvalue weighted by Gasteiger charge is 2.74. The van der Waals surface area contributed by atoms with Crippen molar-refractivity contribution in [1.29, 1.82) is 0 Å². The molecule has 0 aromatic heterocycles. The van der Waals surface area contributed by atoms with Crippen LogP contribution >= 0.6 is 11.6 Å². The van der Waals surface area contributed by atoms with Crippen LogP contribution in [0.4, 0.5) is 5.69 Å². The van der Waals surface area contributed by atoms with Gasteiger partial charge in [0.2, 0.25) is 11.8 Å². The van der Waals surface area contributed by atoms with Gasteiger partial charge in [-0.3, -0.25) is 14.4 Å². The normalized spacial score (nSPS) is 32.9. The van der Waals surface area contributed by atoms with Crippen LogP contribution in [0.2, 0.25) is 5.02 Å². The molecule has 37 heavy (non-hydrogen) atoms. The van der Waals surface area contributed by atoms with E-state index in [-0.39, 0.29) is 37.4 Å². The zero-order valence-electron chi connectivity index (χ0n) is 21.5. The molecule has 4 aliphatic heterocycles. The van der Waals surface area contributed by atoms with Gasteiger partial charge < -0.3 is 24.5 Å². The molecule has 2 saturated heterocycles. The largest absolute Gasteiger partial charge is 0.396 e. The Bertz CT molecular complexity index is 1160. The summed E-state index contributed by atoms with van der Waals surface area (Å²) in [4.78, 5) is 47.3. The lowest BCUT2D eigenvalue weighted by Gasteiger charge is -2.37. The SMILES string of the molecule is CCCN1CC=C[C@]2(C)O[C@]34C=CCN(c5c(C)cccc5Cl)C(=O)C3N(CCCO)C(=O)[C@@H]4[C@@H]2C1=O. The molecular formula is C28H34ClN3O5. The smallest absolute Gasteiger partial charge is 0.253 e. The molecule has 4 aliphatic rings. The second kappa shape index (κ2) is 9.57. The molecule has 5 rings (SSSR count). The van der Waals surface area contributed by atoms with E-state index >= 15 is 0 Å². The summed E-state index contributed by atoms with van der Waals surface area (Å²) in [5.41, 5.74) is -0.924. The molecule has 4 heterocycles. The number of para-hydroxylation sites is 1. The minimum Gasteiger partial charge on any atom is -0.396 e. The number of amides is 3. The number of hydrogen-bond donors (Lipinski definition) is 1. The Kier molecular flexibility index (Phi) is 6.71. The molecule has 1 spiro atoms. The van der Waals surface area contributed by atoms with E-state index < -0.39 is 29.1 Å². The van der Waals surface area contributed by atoms with Gasteiger partial charge in [-0.2, -0.15) is 0 Å². The van der Waals surface area contributed by atoms with Crippen LogP contribution in [0.5, 0.6) is 0 Å². The second-order valence-corrected chi connectivity index (χ2v) is 11.0. The number of likely N-dealkylation sites (tertiary alicyclic amines) is 1. The molecule has 198 valence electrons. The minimum atomic E-state index is -1.32. The maximum atomic E-state index is 14.4. The molecule has 1 N–H and O–H groups in total. The molecule has 8 nitrogen and oxygen atoms in total. The summed E-state index contributed by atoms with van der Waals surface area (Å²) in [6, 6.07) is 4.47. The first-order valence-electron chi connectivity index (χ1n) is 13.0. The number of nitrogens with zero attached hydrogens (tertiary/aromatic N) is 3. The number of halogens is 1. The third-order valence-electron chi connectivity index (χ3n) is 8.15. The predicted octanol–water partition coefficient (Wildman–Crippen LogP) is 2.71. The lowest BCUT2D eigenvalue weighted by Crippen LogP contribution is -2.56. The van der Waals surface area contributed by atoms with E-state index in [0.717, 1.165) is 12.0 Å². The topological polar surface area (TPSA) is 90.4 Å². The summed E-state index contributed by atoms with van der Waals surface area (Å²) in [5.74, 6) is -2.35. The van der Waals surface area contributed by atoms with E-state index in [2.05, 4.69) is 0 Å². The summed E-state index contributed by atoms with van der Waals surface area (Å²) in [6.07, 6.45) is 8.60. The number of aryl methyl sites for hydroxylation is 1. The molecule has 5 atom stereocenters. The monoisotopic (exact) mass is 527 g/mol. The molecular weight excluding hydrogens is 494 g/mol. The number of anilines is 1. The fourth-order valence-electron chi connectivity index (χ4n) is 6.69. The number of benzene rings is 1. The Balaban J connectivity index is 1.65. The average molecular weight is 528 g/mol. The Labute approximate surface area is 222 Å². The lowest BCUT2D eigenvalue weighted by molar-refractivity contribution is -0.148. The van der Waals surface area contributed by atoms with Crippen LogP contribution in [0.15, 0.2) is 42.5 Å². The van der Waals surface area contributed by atoms with Crippen LogP contribution in [0.3, 0.4) is 0 Å². The summed E-state index contributed by atoms with van der Waals surface area (Å²) in [7, 11) is 0. The number of hydrogen-bond acceptors (Lipinski definition) is 5. The van der Waals surface area contributed by atoms with Gasteiger partial charge in [0.25, 0.3) is 5.91 Å². The van der Waals surface area contributed by atoms with Crippen molar-refractivity contribution in [2.75, 3.05) is 37.7 Å². The number of fused-ring (bicyclic) bond motifs is 2. The van der Waals surface area contributed by atoms with Crippen LogP contribution < -0.4 is 4.90 Å². The van der Waals surface area contributed by atoms with Gasteiger partial charge in [0.1, 0.15) is 11.6 Å². The van der Waals surface area contributed by atoms with Crippen LogP contribution in [0, 0.1) is 18.8 Å². The van der Waals surface area contributed by atoms with Crippen molar-refractivity contribution >= 4 is 35.0 Å². The molecule has 0 aliphatic carbocycles. The van der Waals surface area contributed by atoms with Crippen molar-refractivity contribution in [2.24, 2.45) is 11.8 Å². The van der Waals surface area contributed by atoms with Gasteiger partial charge in [-0.1, -0.05) is 55.0 Å². The quantitative estimate of drug-likeness (QED) is 0.574. The minimum absolute atomic E-state index is 0.126. The molecule has 2 fully saturated rings. The Morgan fingerprint density at radius 3 is 2.51 bits per heavy atom. The third-order valence-corrected chi connectivity index (χ3v) is 8.45. The van der Waals surface area contributed by atoms with Gasteiger partial charge in [0.05, 0.1) is 28.1 Å². The zero-order valence-corrected chi connectivity index (χ0v) is 22.3. The lowest BCUT2D eigenvalue weighted by atomic mass is 9.74. The summed E-state index contributed by atoms with van der Waals surface area (Å²) < 4.78 is 6.79. The van der Waals surface area contributed by atoms with Crippen molar-refractivity contribution in [3.05, 3.63) is 53.1 Å². The molecule has 1 unspecified atom stereocenters. The van der Waals surface area contributed by atoms with Gasteiger partial charge >= 0.3 is 0 Å². The van der Waals surface area contributed by atoms with Gasteiger partial charge in [-0.15, -0.1) is 0 Å². The number of rotatable bonds is 6. The Morgan fingerprint density at radius 2 is 1.81 bits per heavy atom.